The molecule has 0 aliphatic carbocycles. The van der Waals surface area contributed by atoms with Gasteiger partial charge < -0.3 is 4.90 Å². The van der Waals surface area contributed by atoms with Gasteiger partial charge in [0.05, 0.1) is 10.2 Å². The number of hydrogen-bond acceptors (Lipinski definition) is 5. The first-order valence-electron chi connectivity index (χ1n) is 9.95. The van der Waals surface area contributed by atoms with Gasteiger partial charge in [-0.2, -0.15) is 0 Å². The number of carbonyl (C=O) groups excluding carboxylic acids is 1. The van der Waals surface area contributed by atoms with Gasteiger partial charge in [-0.1, -0.05) is 41.2 Å². The Bertz CT molecular complexity index is 957. The highest BCUT2D eigenvalue weighted by molar-refractivity contribution is 7.99. The fraction of sp³-hybridized carbons (Fsp3) is 0.391. The Hall–Kier alpha value is -1.60. The number of amides is 1. The molecule has 30 heavy (non-hydrogen) atoms. The molecule has 162 valence electrons. The zero-order valence-electron chi connectivity index (χ0n) is 18.1. The van der Waals surface area contributed by atoms with Crippen LogP contribution >= 0.6 is 35.5 Å². The van der Waals surface area contributed by atoms with Gasteiger partial charge in [0.2, 0.25) is 5.91 Å². The number of anilines is 1. The Morgan fingerprint density at radius 1 is 1.07 bits per heavy atom. The monoisotopic (exact) mass is 463 g/mol. The van der Waals surface area contributed by atoms with Gasteiger partial charge in [0.15, 0.2) is 5.13 Å². The Labute approximate surface area is 194 Å². The number of thiazole rings is 1. The van der Waals surface area contributed by atoms with E-state index in [1.165, 1.54) is 10.5 Å². The molecule has 0 spiro atoms. The number of fused-ring (bicyclic) bond motifs is 1. The van der Waals surface area contributed by atoms with Gasteiger partial charge in [-0.25, -0.2) is 4.98 Å². The highest BCUT2D eigenvalue weighted by Gasteiger charge is 2.20. The Balaban J connectivity index is 0.00000320. The molecule has 0 aliphatic heterocycles. The van der Waals surface area contributed by atoms with E-state index in [2.05, 4.69) is 75.3 Å². The molecule has 0 aliphatic rings. The fourth-order valence-corrected chi connectivity index (χ4v) is 5.02. The minimum absolute atomic E-state index is 0. The fourth-order valence-electron chi connectivity index (χ4n) is 3.09. The molecule has 0 saturated carbocycles. The lowest BCUT2D eigenvalue weighted by Gasteiger charge is -2.21. The molecule has 3 rings (SSSR count). The van der Waals surface area contributed by atoms with E-state index < -0.39 is 0 Å². The van der Waals surface area contributed by atoms with Crippen LogP contribution in [0, 0.1) is 13.8 Å². The maximum atomic E-state index is 13.1. The number of para-hydroxylation sites is 1. The van der Waals surface area contributed by atoms with Crippen LogP contribution in [-0.4, -0.2) is 48.7 Å². The van der Waals surface area contributed by atoms with Crippen molar-refractivity contribution in [2.75, 3.05) is 37.8 Å². The second kappa shape index (κ2) is 11.7. The number of halogens is 1. The Morgan fingerprint density at radius 2 is 1.80 bits per heavy atom. The number of hydrogen-bond donors (Lipinski definition) is 0. The Kier molecular flexibility index (Phi) is 9.62. The van der Waals surface area contributed by atoms with Crippen molar-refractivity contribution in [3.05, 3.63) is 53.6 Å². The zero-order chi connectivity index (χ0) is 20.8. The molecular weight excluding hydrogens is 434 g/mol. The Morgan fingerprint density at radius 3 is 2.47 bits per heavy atom. The molecule has 1 amide bonds. The number of benzene rings is 2. The first-order valence-corrected chi connectivity index (χ1v) is 11.7. The van der Waals surface area contributed by atoms with Crippen LogP contribution < -0.4 is 4.90 Å². The number of aromatic nitrogens is 1. The highest BCUT2D eigenvalue weighted by atomic mass is 35.5. The second-order valence-electron chi connectivity index (χ2n) is 7.53. The largest absolute Gasteiger partial charge is 0.309 e. The predicted octanol–water partition coefficient (Wildman–Crippen LogP) is 5.80. The molecule has 0 bridgehead atoms. The average Bonchev–Trinajstić information content (AvgIpc) is 3.12. The predicted molar refractivity (Wildman–Crippen MR) is 134 cm³/mol. The number of nitrogens with zero attached hydrogens (tertiary/aromatic N) is 3. The molecule has 0 radical (unpaired) electrons. The maximum Gasteiger partial charge on any atom is 0.229 e. The molecule has 7 heteroatoms. The van der Waals surface area contributed by atoms with Crippen molar-refractivity contribution < 1.29 is 4.79 Å². The van der Waals surface area contributed by atoms with Crippen LogP contribution in [0.5, 0.6) is 0 Å². The summed E-state index contributed by atoms with van der Waals surface area (Å²) in [6, 6.07) is 14.7. The summed E-state index contributed by atoms with van der Waals surface area (Å²) < 4.78 is 1.14. The van der Waals surface area contributed by atoms with Gasteiger partial charge in [0.25, 0.3) is 0 Å². The van der Waals surface area contributed by atoms with Crippen molar-refractivity contribution in [2.45, 2.75) is 31.6 Å². The molecule has 4 nitrogen and oxygen atoms in total. The summed E-state index contributed by atoms with van der Waals surface area (Å²) in [6.07, 6.45) is 1.44. The van der Waals surface area contributed by atoms with Crippen molar-refractivity contribution in [1.29, 1.82) is 0 Å². The number of thioether (sulfide) groups is 1. The molecule has 0 fully saturated rings. The summed E-state index contributed by atoms with van der Waals surface area (Å²) in [4.78, 5) is 23.2. The third-order valence-electron chi connectivity index (χ3n) is 4.73. The maximum absolute atomic E-state index is 13.1. The number of carbonyl (C=O) groups is 1. The van der Waals surface area contributed by atoms with E-state index in [1.807, 2.05) is 4.90 Å². The van der Waals surface area contributed by atoms with Crippen molar-refractivity contribution >= 4 is 56.8 Å². The lowest BCUT2D eigenvalue weighted by atomic mass is 10.2. The van der Waals surface area contributed by atoms with Gasteiger partial charge >= 0.3 is 0 Å². The van der Waals surface area contributed by atoms with E-state index in [0.717, 1.165) is 39.6 Å². The minimum atomic E-state index is 0. The normalized spacial score (nSPS) is 11.0. The van der Waals surface area contributed by atoms with Crippen molar-refractivity contribution in [3.63, 3.8) is 0 Å². The molecule has 2 aromatic carbocycles. The van der Waals surface area contributed by atoms with E-state index in [1.54, 1.807) is 23.1 Å². The third kappa shape index (κ3) is 6.71. The van der Waals surface area contributed by atoms with E-state index >= 15 is 0 Å². The topological polar surface area (TPSA) is 36.4 Å². The quantitative estimate of drug-likeness (QED) is 0.375. The minimum Gasteiger partial charge on any atom is -0.309 e. The summed E-state index contributed by atoms with van der Waals surface area (Å²) in [5.41, 5.74) is 3.41. The van der Waals surface area contributed by atoms with Crippen molar-refractivity contribution in [2.24, 2.45) is 0 Å². The summed E-state index contributed by atoms with van der Waals surface area (Å²) in [5, 5.41) is 0.818. The first kappa shape index (κ1) is 24.7. The third-order valence-corrected chi connectivity index (χ3v) is 6.79. The van der Waals surface area contributed by atoms with Crippen LogP contribution in [-0.2, 0) is 4.79 Å². The van der Waals surface area contributed by atoms with E-state index in [0.29, 0.717) is 13.0 Å². The van der Waals surface area contributed by atoms with Crippen LogP contribution in [0.1, 0.15) is 24.0 Å². The van der Waals surface area contributed by atoms with Crippen LogP contribution in [0.2, 0.25) is 0 Å². The SMILES string of the molecule is Cc1ccc(SCCC(=O)N(CCCN(C)C)c2nc3c(C)cccc3s2)cc1.Cl. The summed E-state index contributed by atoms with van der Waals surface area (Å²) >= 11 is 3.35. The first-order chi connectivity index (χ1) is 13.9. The molecule has 0 N–H and O–H groups in total. The molecule has 1 heterocycles. The van der Waals surface area contributed by atoms with Crippen molar-refractivity contribution in [1.82, 2.24) is 9.88 Å². The van der Waals surface area contributed by atoms with Crippen LogP contribution in [0.25, 0.3) is 10.2 Å². The van der Waals surface area contributed by atoms with Crippen LogP contribution in [0.4, 0.5) is 5.13 Å². The van der Waals surface area contributed by atoms with Gasteiger partial charge in [0.1, 0.15) is 0 Å². The van der Waals surface area contributed by atoms with Crippen molar-refractivity contribution in [3.8, 4) is 0 Å². The standard InChI is InChI=1S/C23H29N3OS2.ClH/c1-17-9-11-19(12-10-17)28-16-13-21(27)26(15-6-14-25(3)4)23-24-22-18(2)7-5-8-20(22)29-23;/h5,7-12H,6,13-16H2,1-4H3;1H. The average molecular weight is 464 g/mol. The second-order valence-corrected chi connectivity index (χ2v) is 9.71. The lowest BCUT2D eigenvalue weighted by molar-refractivity contribution is -0.118. The van der Waals surface area contributed by atoms with Gasteiger partial charge in [-0.05, 0) is 64.7 Å². The summed E-state index contributed by atoms with van der Waals surface area (Å²) in [6.45, 7) is 5.81. The zero-order valence-corrected chi connectivity index (χ0v) is 20.5. The number of aryl methyl sites for hydroxylation is 2. The van der Waals surface area contributed by atoms with Gasteiger partial charge in [0, 0.05) is 23.6 Å². The highest BCUT2D eigenvalue weighted by Crippen LogP contribution is 2.31. The summed E-state index contributed by atoms with van der Waals surface area (Å²) in [7, 11) is 4.12. The van der Waals surface area contributed by atoms with E-state index in [-0.39, 0.29) is 18.3 Å². The van der Waals surface area contributed by atoms with E-state index in [4.69, 9.17) is 4.98 Å². The van der Waals surface area contributed by atoms with Gasteiger partial charge in [-0.3, -0.25) is 9.69 Å². The molecule has 3 aromatic rings. The molecule has 0 atom stereocenters. The lowest BCUT2D eigenvalue weighted by Crippen LogP contribution is -2.33. The summed E-state index contributed by atoms with van der Waals surface area (Å²) in [5.74, 6) is 0.927. The molecular formula is C23H30ClN3OS2. The van der Waals surface area contributed by atoms with Crippen LogP contribution in [0.3, 0.4) is 0 Å². The molecule has 1 aromatic heterocycles. The molecule has 0 unspecified atom stereocenters. The smallest absolute Gasteiger partial charge is 0.229 e. The molecule has 0 saturated heterocycles. The van der Waals surface area contributed by atoms with Crippen LogP contribution in [0.15, 0.2) is 47.4 Å². The van der Waals surface area contributed by atoms with Gasteiger partial charge in [-0.15, -0.1) is 24.2 Å². The van der Waals surface area contributed by atoms with E-state index in [9.17, 15) is 4.79 Å². The number of rotatable bonds is 9.